The zero-order valence-electron chi connectivity index (χ0n) is 14.8. The Morgan fingerprint density at radius 3 is 2.62 bits per heavy atom. The highest BCUT2D eigenvalue weighted by Gasteiger charge is 2.28. The highest BCUT2D eigenvalue weighted by molar-refractivity contribution is 7.09. The maximum absolute atomic E-state index is 12.9. The van der Waals surface area contributed by atoms with Gasteiger partial charge in [-0.25, -0.2) is 4.79 Å². The fourth-order valence-corrected chi connectivity index (χ4v) is 3.63. The molecule has 2 rings (SSSR count). The number of aromatic amines is 1. The first-order chi connectivity index (χ1) is 11.4. The van der Waals surface area contributed by atoms with Crippen molar-refractivity contribution in [3.05, 3.63) is 44.9 Å². The molecule has 0 bridgehead atoms. The second kappa shape index (κ2) is 7.77. The Balaban J connectivity index is 2.25. The summed E-state index contributed by atoms with van der Waals surface area (Å²) in [5, 5.41) is 2.04. The minimum Gasteiger partial charge on any atom is -0.465 e. The number of likely N-dealkylation sites (N-methyl/N-ethyl adjacent to an activating group) is 1. The van der Waals surface area contributed by atoms with E-state index in [4.69, 9.17) is 4.74 Å². The van der Waals surface area contributed by atoms with Crippen LogP contribution in [-0.2, 0) is 11.3 Å². The van der Waals surface area contributed by atoms with Gasteiger partial charge in [0.05, 0.1) is 24.4 Å². The Kier molecular flexibility index (Phi) is 5.96. The number of rotatable bonds is 7. The number of carbonyl (C=O) groups is 2. The average Bonchev–Trinajstić information content (AvgIpc) is 3.18. The van der Waals surface area contributed by atoms with Crippen LogP contribution in [0.2, 0.25) is 0 Å². The van der Waals surface area contributed by atoms with Crippen LogP contribution in [0.5, 0.6) is 0 Å². The number of aromatic nitrogens is 1. The standard InChI is InChI=1S/C18H24N2O3S/c1-6-20(10-14-8-7-9-24-14)13(4)17(21)16-11(2)15(12(3)19-16)18(22)23-5/h7-9,13,19H,6,10H2,1-5H3/t13-/m0/s1. The van der Waals surface area contributed by atoms with Crippen LogP contribution in [0.4, 0.5) is 0 Å². The smallest absolute Gasteiger partial charge is 0.339 e. The minimum absolute atomic E-state index is 0.0100. The molecule has 0 radical (unpaired) electrons. The van der Waals surface area contributed by atoms with Gasteiger partial charge in [-0.15, -0.1) is 11.3 Å². The molecule has 1 atom stereocenters. The fourth-order valence-electron chi connectivity index (χ4n) is 2.90. The number of thiophene rings is 1. The summed E-state index contributed by atoms with van der Waals surface area (Å²) < 4.78 is 4.81. The van der Waals surface area contributed by atoms with Gasteiger partial charge in [-0.05, 0) is 44.3 Å². The molecule has 130 valence electrons. The summed E-state index contributed by atoms with van der Waals surface area (Å²) in [6.45, 7) is 9.03. The van der Waals surface area contributed by atoms with E-state index in [1.54, 1.807) is 25.2 Å². The molecular formula is C18H24N2O3S. The van der Waals surface area contributed by atoms with Crippen LogP contribution in [0.25, 0.3) is 0 Å². The summed E-state index contributed by atoms with van der Waals surface area (Å²) >= 11 is 1.69. The van der Waals surface area contributed by atoms with E-state index < -0.39 is 5.97 Å². The third kappa shape index (κ3) is 3.60. The Bertz CT molecular complexity index is 719. The van der Waals surface area contributed by atoms with Crippen molar-refractivity contribution in [3.63, 3.8) is 0 Å². The van der Waals surface area contributed by atoms with Crippen LogP contribution >= 0.6 is 11.3 Å². The van der Waals surface area contributed by atoms with Gasteiger partial charge in [0.25, 0.3) is 0 Å². The summed E-state index contributed by atoms with van der Waals surface area (Å²) in [5.74, 6) is -0.428. The molecule has 2 aromatic rings. The number of ketones is 1. The molecule has 0 aliphatic heterocycles. The summed E-state index contributed by atoms with van der Waals surface area (Å²) in [7, 11) is 1.35. The van der Waals surface area contributed by atoms with E-state index in [0.717, 1.165) is 13.1 Å². The van der Waals surface area contributed by atoms with Gasteiger partial charge in [-0.1, -0.05) is 13.0 Å². The molecule has 0 aliphatic rings. The molecule has 24 heavy (non-hydrogen) atoms. The van der Waals surface area contributed by atoms with Gasteiger partial charge in [0, 0.05) is 17.1 Å². The number of aryl methyl sites for hydroxylation is 1. The molecule has 0 aromatic carbocycles. The lowest BCUT2D eigenvalue weighted by Crippen LogP contribution is -2.38. The van der Waals surface area contributed by atoms with E-state index >= 15 is 0 Å². The number of H-pyrrole nitrogens is 1. The number of Topliss-reactive ketones (excluding diaryl/α,β-unsaturated/α-hetero) is 1. The third-order valence-electron chi connectivity index (χ3n) is 4.35. The first-order valence-corrected chi connectivity index (χ1v) is 8.86. The van der Waals surface area contributed by atoms with Crippen molar-refractivity contribution in [3.8, 4) is 0 Å². The van der Waals surface area contributed by atoms with Crippen molar-refractivity contribution in [1.82, 2.24) is 9.88 Å². The average molecular weight is 348 g/mol. The van der Waals surface area contributed by atoms with Gasteiger partial charge in [-0.3, -0.25) is 9.69 Å². The van der Waals surface area contributed by atoms with Gasteiger partial charge < -0.3 is 9.72 Å². The number of hydrogen-bond acceptors (Lipinski definition) is 5. The number of nitrogens with one attached hydrogen (secondary N) is 1. The van der Waals surface area contributed by atoms with Gasteiger partial charge in [0.1, 0.15) is 0 Å². The minimum atomic E-state index is -0.418. The van der Waals surface area contributed by atoms with Gasteiger partial charge in [0.2, 0.25) is 0 Å². The Labute approximate surface area is 146 Å². The van der Waals surface area contributed by atoms with E-state index in [2.05, 4.69) is 16.0 Å². The summed E-state index contributed by atoms with van der Waals surface area (Å²) in [6, 6.07) is 3.81. The number of esters is 1. The van der Waals surface area contributed by atoms with Crippen molar-refractivity contribution in [2.75, 3.05) is 13.7 Å². The summed E-state index contributed by atoms with van der Waals surface area (Å²) in [4.78, 5) is 31.3. The Hall–Kier alpha value is -1.92. The number of ether oxygens (including phenoxy) is 1. The molecule has 0 saturated heterocycles. The highest BCUT2D eigenvalue weighted by Crippen LogP contribution is 2.22. The van der Waals surface area contributed by atoms with Gasteiger partial charge >= 0.3 is 5.97 Å². The number of nitrogens with zero attached hydrogens (tertiary/aromatic N) is 1. The first-order valence-electron chi connectivity index (χ1n) is 7.98. The number of hydrogen-bond donors (Lipinski definition) is 1. The molecule has 0 unspecified atom stereocenters. The molecule has 2 aromatic heterocycles. The Morgan fingerprint density at radius 1 is 1.38 bits per heavy atom. The lowest BCUT2D eigenvalue weighted by molar-refractivity contribution is 0.0599. The SMILES string of the molecule is CCN(Cc1cccs1)[C@@H](C)C(=O)c1[nH]c(C)c(C(=O)OC)c1C. The Morgan fingerprint density at radius 2 is 2.08 bits per heavy atom. The second-order valence-corrected chi connectivity index (χ2v) is 6.83. The molecule has 0 aliphatic carbocycles. The van der Waals surface area contributed by atoms with Gasteiger partial charge in [-0.2, -0.15) is 0 Å². The maximum atomic E-state index is 12.9. The fraction of sp³-hybridized carbons (Fsp3) is 0.444. The van der Waals surface area contributed by atoms with Crippen molar-refractivity contribution in [2.24, 2.45) is 0 Å². The highest BCUT2D eigenvalue weighted by atomic mass is 32.1. The van der Waals surface area contributed by atoms with Gasteiger partial charge in [0.15, 0.2) is 5.78 Å². The van der Waals surface area contributed by atoms with Crippen LogP contribution in [0, 0.1) is 13.8 Å². The van der Waals surface area contributed by atoms with E-state index in [1.165, 1.54) is 12.0 Å². The summed E-state index contributed by atoms with van der Waals surface area (Å²) in [5.41, 5.74) is 2.26. The van der Waals surface area contributed by atoms with Crippen molar-refractivity contribution >= 4 is 23.1 Å². The van der Waals surface area contributed by atoms with Crippen LogP contribution in [0.1, 0.15) is 50.8 Å². The first kappa shape index (κ1) is 18.4. The quantitative estimate of drug-likeness (QED) is 0.614. The largest absolute Gasteiger partial charge is 0.465 e. The van der Waals surface area contributed by atoms with Crippen LogP contribution in [0.3, 0.4) is 0 Å². The molecular weight excluding hydrogens is 324 g/mol. The number of carbonyl (C=O) groups excluding carboxylic acids is 2. The molecule has 5 nitrogen and oxygen atoms in total. The molecule has 1 N–H and O–H groups in total. The lowest BCUT2D eigenvalue weighted by Gasteiger charge is -2.26. The van der Waals surface area contributed by atoms with E-state index in [9.17, 15) is 9.59 Å². The van der Waals surface area contributed by atoms with E-state index in [0.29, 0.717) is 22.5 Å². The predicted molar refractivity (Wildman–Crippen MR) is 95.8 cm³/mol. The van der Waals surface area contributed by atoms with Crippen molar-refractivity contribution in [1.29, 1.82) is 0 Å². The molecule has 2 heterocycles. The molecule has 0 spiro atoms. The maximum Gasteiger partial charge on any atom is 0.339 e. The lowest BCUT2D eigenvalue weighted by atomic mass is 10.0. The van der Waals surface area contributed by atoms with Crippen molar-refractivity contribution in [2.45, 2.75) is 40.3 Å². The van der Waals surface area contributed by atoms with Crippen molar-refractivity contribution < 1.29 is 14.3 Å². The molecule has 6 heteroatoms. The normalized spacial score (nSPS) is 12.4. The monoisotopic (exact) mass is 348 g/mol. The number of methoxy groups -OCH3 is 1. The zero-order chi connectivity index (χ0) is 17.9. The van der Waals surface area contributed by atoms with Crippen LogP contribution < -0.4 is 0 Å². The van der Waals surface area contributed by atoms with Crippen LogP contribution in [0.15, 0.2) is 17.5 Å². The zero-order valence-corrected chi connectivity index (χ0v) is 15.6. The molecule has 0 fully saturated rings. The molecule has 0 amide bonds. The van der Waals surface area contributed by atoms with E-state index in [1.807, 2.05) is 25.3 Å². The van der Waals surface area contributed by atoms with Crippen LogP contribution in [-0.4, -0.2) is 41.3 Å². The summed E-state index contributed by atoms with van der Waals surface area (Å²) in [6.07, 6.45) is 0. The van der Waals surface area contributed by atoms with E-state index in [-0.39, 0.29) is 11.8 Å². The second-order valence-electron chi connectivity index (χ2n) is 5.80. The third-order valence-corrected chi connectivity index (χ3v) is 5.21. The topological polar surface area (TPSA) is 62.4 Å². The molecule has 0 saturated carbocycles. The predicted octanol–water partition coefficient (Wildman–Crippen LogP) is 3.57.